The highest BCUT2D eigenvalue weighted by Gasteiger charge is 2.22. The van der Waals surface area contributed by atoms with Crippen LogP contribution in [0.5, 0.6) is 0 Å². The summed E-state index contributed by atoms with van der Waals surface area (Å²) in [6.45, 7) is 5.94. The number of nitrogens with one attached hydrogen (secondary N) is 2. The van der Waals surface area contributed by atoms with Crippen molar-refractivity contribution in [2.24, 2.45) is 0 Å². The van der Waals surface area contributed by atoms with Gasteiger partial charge >= 0.3 is 6.09 Å². The average Bonchev–Trinajstić information content (AvgIpc) is 2.98. The fraction of sp³-hybridized carbons (Fsp3) is 0.583. The number of aryl methyl sites for hydroxylation is 1. The van der Waals surface area contributed by atoms with Crippen LogP contribution in [-0.4, -0.2) is 47.2 Å². The molecule has 0 radical (unpaired) electrons. The first-order valence-corrected chi connectivity index (χ1v) is 6.47. The second kappa shape index (κ2) is 5.00. The molecule has 2 aliphatic heterocycles. The number of amides is 1. The smallest absolute Gasteiger partial charge is 0.409 e. The van der Waals surface area contributed by atoms with Crippen LogP contribution < -0.4 is 10.6 Å². The molecule has 1 amide bonds. The lowest BCUT2D eigenvalue weighted by Crippen LogP contribution is -2.30. The summed E-state index contributed by atoms with van der Waals surface area (Å²) in [5, 5.41) is 6.56. The molecule has 0 bridgehead atoms. The Morgan fingerprint density at radius 2 is 2.32 bits per heavy atom. The fourth-order valence-electron chi connectivity index (χ4n) is 2.38. The summed E-state index contributed by atoms with van der Waals surface area (Å²) < 4.78 is 4.88. The van der Waals surface area contributed by atoms with Gasteiger partial charge in [-0.15, -0.1) is 0 Å². The lowest BCUT2D eigenvalue weighted by molar-refractivity contribution is 0.159. The third kappa shape index (κ3) is 2.46. The zero-order chi connectivity index (χ0) is 13.2. The second-order valence-electron chi connectivity index (χ2n) is 4.68. The van der Waals surface area contributed by atoms with Crippen LogP contribution in [-0.2, 0) is 17.8 Å². The molecule has 1 saturated heterocycles. The number of fused-ring (bicyclic) bond motifs is 1. The van der Waals surface area contributed by atoms with E-state index in [0.29, 0.717) is 26.2 Å². The van der Waals surface area contributed by atoms with Crippen molar-refractivity contribution in [1.29, 1.82) is 0 Å². The van der Waals surface area contributed by atoms with E-state index in [0.717, 1.165) is 36.0 Å². The topological polar surface area (TPSA) is 79.4 Å². The predicted octanol–water partition coefficient (Wildman–Crippen LogP) is 0.252. The Balaban J connectivity index is 1.62. The Hall–Kier alpha value is -1.89. The first kappa shape index (κ1) is 12.2. The van der Waals surface area contributed by atoms with Gasteiger partial charge < -0.3 is 20.3 Å². The minimum absolute atomic E-state index is 0.229. The van der Waals surface area contributed by atoms with Crippen molar-refractivity contribution in [3.63, 3.8) is 0 Å². The minimum Gasteiger partial charge on any atom is -0.448 e. The summed E-state index contributed by atoms with van der Waals surface area (Å²) in [7, 11) is 0. The molecular formula is C12H17N5O2. The number of rotatable bonds is 4. The van der Waals surface area contributed by atoms with E-state index in [9.17, 15) is 4.79 Å². The molecule has 2 N–H and O–H groups in total. The Kier molecular flexibility index (Phi) is 3.20. The van der Waals surface area contributed by atoms with E-state index in [1.165, 1.54) is 0 Å². The number of hydrogen-bond acceptors (Lipinski definition) is 6. The van der Waals surface area contributed by atoms with Crippen LogP contribution in [0.25, 0.3) is 0 Å². The minimum atomic E-state index is -0.229. The van der Waals surface area contributed by atoms with Crippen LogP contribution in [0.15, 0.2) is 0 Å². The number of anilines is 1. The summed E-state index contributed by atoms with van der Waals surface area (Å²) in [5.74, 6) is 1.64. The highest BCUT2D eigenvalue weighted by molar-refractivity contribution is 5.69. The Morgan fingerprint density at radius 3 is 3.11 bits per heavy atom. The molecule has 2 aliphatic rings. The summed E-state index contributed by atoms with van der Waals surface area (Å²) in [6.07, 6.45) is -0.229. The van der Waals surface area contributed by atoms with E-state index in [2.05, 4.69) is 20.6 Å². The van der Waals surface area contributed by atoms with Crippen LogP contribution >= 0.6 is 0 Å². The summed E-state index contributed by atoms with van der Waals surface area (Å²) in [4.78, 5) is 21.8. The maximum Gasteiger partial charge on any atom is 0.409 e. The van der Waals surface area contributed by atoms with Gasteiger partial charge in [0.25, 0.3) is 0 Å². The first-order valence-electron chi connectivity index (χ1n) is 6.47. The Bertz CT molecular complexity index is 505. The van der Waals surface area contributed by atoms with Crippen molar-refractivity contribution in [1.82, 2.24) is 20.2 Å². The molecule has 0 unspecified atom stereocenters. The van der Waals surface area contributed by atoms with Gasteiger partial charge in [-0.05, 0) is 6.92 Å². The van der Waals surface area contributed by atoms with Gasteiger partial charge in [0, 0.05) is 31.7 Å². The normalized spacial score (nSPS) is 17.5. The molecule has 1 aromatic rings. The summed E-state index contributed by atoms with van der Waals surface area (Å²) in [6, 6.07) is 0. The predicted molar refractivity (Wildman–Crippen MR) is 68.7 cm³/mol. The van der Waals surface area contributed by atoms with Gasteiger partial charge in [0.15, 0.2) is 0 Å². The molecule has 0 aliphatic carbocycles. The molecule has 0 spiro atoms. The van der Waals surface area contributed by atoms with Crippen molar-refractivity contribution in [2.75, 3.05) is 31.6 Å². The SMILES string of the molecule is Cc1nc2c(c(NCCN3CCOC3=O)n1)CNC2. The number of aromatic nitrogens is 2. The molecule has 19 heavy (non-hydrogen) atoms. The van der Waals surface area contributed by atoms with Crippen molar-refractivity contribution in [3.05, 3.63) is 17.1 Å². The number of nitrogens with zero attached hydrogens (tertiary/aromatic N) is 3. The zero-order valence-corrected chi connectivity index (χ0v) is 10.9. The third-order valence-electron chi connectivity index (χ3n) is 3.32. The van der Waals surface area contributed by atoms with Crippen LogP contribution in [0.3, 0.4) is 0 Å². The van der Waals surface area contributed by atoms with Crippen molar-refractivity contribution in [3.8, 4) is 0 Å². The molecule has 1 aromatic heterocycles. The number of cyclic esters (lactones) is 1. The highest BCUT2D eigenvalue weighted by atomic mass is 16.6. The van der Waals surface area contributed by atoms with E-state index in [-0.39, 0.29) is 6.09 Å². The number of hydrogen-bond donors (Lipinski definition) is 2. The number of carbonyl (C=O) groups excluding carboxylic acids is 1. The number of ether oxygens (including phenoxy) is 1. The van der Waals surface area contributed by atoms with Crippen molar-refractivity contribution < 1.29 is 9.53 Å². The third-order valence-corrected chi connectivity index (χ3v) is 3.32. The second-order valence-corrected chi connectivity index (χ2v) is 4.68. The molecule has 0 saturated carbocycles. The maximum atomic E-state index is 11.3. The van der Waals surface area contributed by atoms with E-state index < -0.39 is 0 Å². The first-order chi connectivity index (χ1) is 9.24. The molecule has 7 nitrogen and oxygen atoms in total. The Morgan fingerprint density at radius 1 is 1.42 bits per heavy atom. The molecule has 3 rings (SSSR count). The van der Waals surface area contributed by atoms with Crippen molar-refractivity contribution >= 4 is 11.9 Å². The van der Waals surface area contributed by atoms with E-state index in [1.54, 1.807) is 4.90 Å². The highest BCUT2D eigenvalue weighted by Crippen LogP contribution is 2.20. The molecule has 0 atom stereocenters. The van der Waals surface area contributed by atoms with Crippen molar-refractivity contribution in [2.45, 2.75) is 20.0 Å². The lowest BCUT2D eigenvalue weighted by atomic mass is 10.2. The van der Waals surface area contributed by atoms with Gasteiger partial charge in [-0.1, -0.05) is 0 Å². The summed E-state index contributed by atoms with van der Waals surface area (Å²) >= 11 is 0. The van der Waals surface area contributed by atoms with Gasteiger partial charge in [-0.25, -0.2) is 14.8 Å². The molecular weight excluding hydrogens is 246 g/mol. The van der Waals surface area contributed by atoms with E-state index in [1.807, 2.05) is 6.92 Å². The summed E-state index contributed by atoms with van der Waals surface area (Å²) in [5.41, 5.74) is 2.20. The molecule has 1 fully saturated rings. The molecule has 3 heterocycles. The maximum absolute atomic E-state index is 11.3. The van der Waals surface area contributed by atoms with Crippen LogP contribution in [0.2, 0.25) is 0 Å². The van der Waals surface area contributed by atoms with Gasteiger partial charge in [0.05, 0.1) is 12.2 Å². The number of carbonyl (C=O) groups is 1. The van der Waals surface area contributed by atoms with Crippen LogP contribution in [0.1, 0.15) is 17.1 Å². The van der Waals surface area contributed by atoms with Gasteiger partial charge in [0.1, 0.15) is 18.2 Å². The zero-order valence-electron chi connectivity index (χ0n) is 10.9. The van der Waals surface area contributed by atoms with Crippen LogP contribution in [0.4, 0.5) is 10.6 Å². The Labute approximate surface area is 111 Å². The van der Waals surface area contributed by atoms with E-state index in [4.69, 9.17) is 4.74 Å². The average molecular weight is 263 g/mol. The molecule has 7 heteroatoms. The lowest BCUT2D eigenvalue weighted by Gasteiger charge is -2.14. The fourth-order valence-corrected chi connectivity index (χ4v) is 2.38. The quantitative estimate of drug-likeness (QED) is 0.811. The van der Waals surface area contributed by atoms with Crippen LogP contribution in [0, 0.1) is 6.92 Å². The van der Waals surface area contributed by atoms with Gasteiger partial charge in [0.2, 0.25) is 0 Å². The molecule has 102 valence electrons. The van der Waals surface area contributed by atoms with Gasteiger partial charge in [-0.3, -0.25) is 0 Å². The monoisotopic (exact) mass is 263 g/mol. The standard InChI is InChI=1S/C12H17N5O2/c1-8-15-10-7-13-6-9(10)11(16-8)14-2-3-17-4-5-19-12(17)18/h13H,2-7H2,1H3,(H,14,15,16). The van der Waals surface area contributed by atoms with E-state index >= 15 is 0 Å². The largest absolute Gasteiger partial charge is 0.448 e. The van der Waals surface area contributed by atoms with Gasteiger partial charge in [-0.2, -0.15) is 0 Å². The molecule has 0 aromatic carbocycles.